The number of hydrogen-bond acceptors (Lipinski definition) is 9. The van der Waals surface area contributed by atoms with Gasteiger partial charge in [0.2, 0.25) is 0 Å². The van der Waals surface area contributed by atoms with Gasteiger partial charge < -0.3 is 5.73 Å². The zero-order valence-corrected chi connectivity index (χ0v) is 19.4. The molecule has 0 unspecified atom stereocenters. The average molecular weight is 468 g/mol. The highest BCUT2D eigenvalue weighted by molar-refractivity contribution is 8.00. The Kier molecular flexibility index (Phi) is 4.88. The topological polar surface area (TPSA) is 95.4 Å². The van der Waals surface area contributed by atoms with Crippen molar-refractivity contribution in [2.75, 3.05) is 17.2 Å². The van der Waals surface area contributed by atoms with Crippen molar-refractivity contribution in [1.82, 2.24) is 29.7 Å². The van der Waals surface area contributed by atoms with Crippen molar-refractivity contribution in [3.63, 3.8) is 0 Å². The summed E-state index contributed by atoms with van der Waals surface area (Å²) in [7, 11) is 0. The molecule has 0 radical (unpaired) electrons. The van der Waals surface area contributed by atoms with Crippen LogP contribution < -0.4 is 5.73 Å². The van der Waals surface area contributed by atoms with Crippen LogP contribution in [0.4, 0.5) is 5.82 Å². The standard InChI is InChI=1S/C21H21N7S3/c1-11-4-5-14-15(7-11)31-19-16(14)17(22)24-20(25-19)29-9-13-10-30-21-27-26-18(28(13)21)12-3-2-6-23-8-12/h2-3,6,8,11,13H,4-5,7,9-10H2,1H3,(H2,22,24,25)/t11-,13+/m1/s1. The monoisotopic (exact) mass is 467 g/mol. The van der Waals surface area contributed by atoms with E-state index in [1.165, 1.54) is 16.9 Å². The molecule has 0 amide bonds. The summed E-state index contributed by atoms with van der Waals surface area (Å²) in [5, 5.41) is 11.6. The number of nitrogen functional groups attached to an aromatic ring is 1. The fraction of sp³-hybridized carbons (Fsp3) is 0.381. The predicted molar refractivity (Wildman–Crippen MR) is 127 cm³/mol. The van der Waals surface area contributed by atoms with Crippen LogP contribution in [0.1, 0.15) is 29.8 Å². The summed E-state index contributed by atoms with van der Waals surface area (Å²) in [6, 6.07) is 4.22. The molecule has 0 aromatic carbocycles. The van der Waals surface area contributed by atoms with Crippen molar-refractivity contribution >= 4 is 50.9 Å². The molecule has 6 rings (SSSR count). The van der Waals surface area contributed by atoms with E-state index >= 15 is 0 Å². The van der Waals surface area contributed by atoms with Gasteiger partial charge in [0.1, 0.15) is 10.6 Å². The Hall–Kier alpha value is -2.17. The van der Waals surface area contributed by atoms with Crippen LogP contribution in [0.15, 0.2) is 34.8 Å². The lowest BCUT2D eigenvalue weighted by Crippen LogP contribution is -2.11. The number of fused-ring (bicyclic) bond motifs is 4. The summed E-state index contributed by atoms with van der Waals surface area (Å²) in [6.07, 6.45) is 7.04. The van der Waals surface area contributed by atoms with Crippen LogP contribution >= 0.6 is 34.9 Å². The summed E-state index contributed by atoms with van der Waals surface area (Å²) >= 11 is 5.20. The smallest absolute Gasteiger partial charge is 0.191 e. The number of nitrogens with two attached hydrogens (primary N) is 1. The molecule has 0 spiro atoms. The summed E-state index contributed by atoms with van der Waals surface area (Å²) in [5.74, 6) is 4.04. The molecule has 158 valence electrons. The SMILES string of the molecule is C[C@@H]1CCc2c(sc3nc(SC[C@H]4CSc5nnc(-c6cccnc6)n54)nc(N)c23)C1. The minimum Gasteiger partial charge on any atom is -0.383 e. The van der Waals surface area contributed by atoms with E-state index < -0.39 is 0 Å². The summed E-state index contributed by atoms with van der Waals surface area (Å²) in [4.78, 5) is 16.3. The molecular weight excluding hydrogens is 446 g/mol. The summed E-state index contributed by atoms with van der Waals surface area (Å²) in [5.41, 5.74) is 8.78. The molecule has 10 heteroatoms. The fourth-order valence-electron chi connectivity index (χ4n) is 4.35. The van der Waals surface area contributed by atoms with E-state index in [4.69, 9.17) is 10.7 Å². The summed E-state index contributed by atoms with van der Waals surface area (Å²) in [6.45, 7) is 2.32. The Labute approximate surface area is 192 Å². The fourth-order valence-corrected chi connectivity index (χ4v) is 7.96. The zero-order valence-electron chi connectivity index (χ0n) is 17.0. The van der Waals surface area contributed by atoms with Gasteiger partial charge in [-0.2, -0.15) is 0 Å². The van der Waals surface area contributed by atoms with Gasteiger partial charge >= 0.3 is 0 Å². The highest BCUT2D eigenvalue weighted by atomic mass is 32.2. The number of pyridine rings is 1. The first-order chi connectivity index (χ1) is 15.2. The van der Waals surface area contributed by atoms with Crippen LogP contribution in [0, 0.1) is 5.92 Å². The second-order valence-electron chi connectivity index (χ2n) is 8.12. The van der Waals surface area contributed by atoms with Gasteiger partial charge in [-0.15, -0.1) is 21.5 Å². The molecule has 2 aliphatic rings. The molecule has 0 saturated carbocycles. The zero-order chi connectivity index (χ0) is 20.9. The molecule has 31 heavy (non-hydrogen) atoms. The lowest BCUT2D eigenvalue weighted by atomic mass is 9.89. The molecule has 1 aliphatic carbocycles. The minimum absolute atomic E-state index is 0.271. The third-order valence-electron chi connectivity index (χ3n) is 5.92. The molecule has 4 aromatic rings. The van der Waals surface area contributed by atoms with Gasteiger partial charge in [-0.25, -0.2) is 9.97 Å². The third kappa shape index (κ3) is 3.41. The minimum atomic E-state index is 0.271. The maximum atomic E-state index is 6.41. The van der Waals surface area contributed by atoms with Crippen LogP contribution in [-0.2, 0) is 12.8 Å². The highest BCUT2D eigenvalue weighted by Crippen LogP contribution is 2.41. The van der Waals surface area contributed by atoms with Gasteiger partial charge in [-0.3, -0.25) is 9.55 Å². The van der Waals surface area contributed by atoms with Crippen LogP contribution in [0.3, 0.4) is 0 Å². The van der Waals surface area contributed by atoms with Crippen molar-refractivity contribution in [1.29, 1.82) is 0 Å². The van der Waals surface area contributed by atoms with E-state index in [1.807, 2.05) is 18.3 Å². The molecule has 2 N–H and O–H groups in total. The molecule has 0 saturated heterocycles. The van der Waals surface area contributed by atoms with Crippen LogP contribution in [-0.4, -0.2) is 41.2 Å². The first-order valence-corrected chi connectivity index (χ1v) is 13.1. The van der Waals surface area contributed by atoms with E-state index in [1.54, 1.807) is 41.1 Å². The van der Waals surface area contributed by atoms with E-state index in [9.17, 15) is 0 Å². The number of rotatable bonds is 4. The van der Waals surface area contributed by atoms with Gasteiger partial charge in [0.05, 0.1) is 11.4 Å². The predicted octanol–water partition coefficient (Wildman–Crippen LogP) is 4.49. The number of hydrogen-bond donors (Lipinski definition) is 1. The molecule has 2 atom stereocenters. The Bertz CT molecular complexity index is 1270. The Balaban J connectivity index is 1.26. The maximum absolute atomic E-state index is 6.41. The van der Waals surface area contributed by atoms with Gasteiger partial charge in [-0.1, -0.05) is 30.4 Å². The average Bonchev–Trinajstić information content (AvgIpc) is 3.46. The largest absolute Gasteiger partial charge is 0.383 e. The lowest BCUT2D eigenvalue weighted by Gasteiger charge is -2.17. The van der Waals surface area contributed by atoms with Crippen molar-refractivity contribution in [2.45, 2.75) is 42.5 Å². The quantitative estimate of drug-likeness (QED) is 0.346. The van der Waals surface area contributed by atoms with Crippen molar-refractivity contribution in [2.24, 2.45) is 5.92 Å². The first-order valence-electron chi connectivity index (χ1n) is 10.4. The van der Waals surface area contributed by atoms with Crippen LogP contribution in [0.25, 0.3) is 21.6 Å². The maximum Gasteiger partial charge on any atom is 0.191 e. The van der Waals surface area contributed by atoms with E-state index in [-0.39, 0.29) is 6.04 Å². The van der Waals surface area contributed by atoms with Crippen molar-refractivity contribution in [3.8, 4) is 11.4 Å². The van der Waals surface area contributed by atoms with E-state index in [0.29, 0.717) is 5.82 Å². The molecule has 7 nitrogen and oxygen atoms in total. The molecule has 0 fully saturated rings. The molecular formula is C21H21N7S3. The molecule has 0 bridgehead atoms. The van der Waals surface area contributed by atoms with Gasteiger partial charge in [0.25, 0.3) is 0 Å². The third-order valence-corrected chi connectivity index (χ3v) is 9.15. The Morgan fingerprint density at radius 1 is 1.29 bits per heavy atom. The number of aryl methyl sites for hydroxylation is 1. The molecule has 5 heterocycles. The van der Waals surface area contributed by atoms with Gasteiger partial charge in [0.15, 0.2) is 16.1 Å². The van der Waals surface area contributed by atoms with Crippen molar-refractivity contribution < 1.29 is 0 Å². The van der Waals surface area contributed by atoms with Gasteiger partial charge in [0, 0.05) is 34.3 Å². The van der Waals surface area contributed by atoms with E-state index in [0.717, 1.165) is 62.2 Å². The summed E-state index contributed by atoms with van der Waals surface area (Å²) < 4.78 is 2.22. The highest BCUT2D eigenvalue weighted by Gasteiger charge is 2.29. The first kappa shape index (κ1) is 19.5. The van der Waals surface area contributed by atoms with Gasteiger partial charge in [-0.05, 0) is 42.9 Å². The molecule has 1 aliphatic heterocycles. The van der Waals surface area contributed by atoms with Crippen LogP contribution in [0.2, 0.25) is 0 Å². The second-order valence-corrected chi connectivity index (χ2v) is 11.2. The number of thioether (sulfide) groups is 2. The Morgan fingerprint density at radius 2 is 2.23 bits per heavy atom. The van der Waals surface area contributed by atoms with E-state index in [2.05, 4.69) is 31.7 Å². The number of nitrogens with zero attached hydrogens (tertiary/aromatic N) is 6. The van der Waals surface area contributed by atoms with Crippen LogP contribution in [0.5, 0.6) is 0 Å². The normalized spacial score (nSPS) is 20.2. The second kappa shape index (κ2) is 7.75. The number of thiophene rings is 1. The molecule has 4 aromatic heterocycles. The number of aromatic nitrogens is 6. The lowest BCUT2D eigenvalue weighted by molar-refractivity contribution is 0.509. The number of anilines is 1. The Morgan fingerprint density at radius 3 is 3.10 bits per heavy atom. The van der Waals surface area contributed by atoms with Crippen molar-refractivity contribution in [3.05, 3.63) is 35.0 Å².